The molecule has 3 nitrogen and oxygen atoms in total. The van der Waals surface area contributed by atoms with Crippen molar-refractivity contribution in [3.63, 3.8) is 0 Å². The number of hydrogen-bond donors (Lipinski definition) is 1. The summed E-state index contributed by atoms with van der Waals surface area (Å²) in [5.41, 5.74) is 1.76. The van der Waals surface area contributed by atoms with E-state index in [1.165, 1.54) is 0 Å². The number of furan rings is 1. The molecule has 0 aliphatic rings. The second kappa shape index (κ2) is 4.70. The molecule has 2 rings (SSSR count). The fraction of sp³-hybridized carbons (Fsp3) is 0.385. The van der Waals surface area contributed by atoms with Crippen molar-refractivity contribution < 1.29 is 14.3 Å². The van der Waals surface area contributed by atoms with Crippen LogP contribution >= 0.6 is 15.9 Å². The van der Waals surface area contributed by atoms with Crippen LogP contribution in [0.15, 0.2) is 21.0 Å². The predicted octanol–water partition coefficient (Wildman–Crippen LogP) is 3.44. The van der Waals surface area contributed by atoms with E-state index in [9.17, 15) is 5.11 Å². The molecule has 1 unspecified atom stereocenters. The lowest BCUT2D eigenvalue weighted by molar-refractivity contribution is 0.195. The van der Waals surface area contributed by atoms with Crippen LogP contribution in [0.25, 0.3) is 11.0 Å². The third-order valence-corrected chi connectivity index (χ3v) is 3.57. The van der Waals surface area contributed by atoms with Crippen molar-refractivity contribution in [1.29, 1.82) is 0 Å². The number of hydrogen-bond acceptors (Lipinski definition) is 3. The van der Waals surface area contributed by atoms with Gasteiger partial charge in [-0.05, 0) is 53.9 Å². The molecule has 0 spiro atoms. The van der Waals surface area contributed by atoms with Gasteiger partial charge in [-0.25, -0.2) is 0 Å². The lowest BCUT2D eigenvalue weighted by Gasteiger charge is -2.10. The summed E-state index contributed by atoms with van der Waals surface area (Å²) in [6, 6.07) is 3.87. The van der Waals surface area contributed by atoms with Crippen molar-refractivity contribution in [3.8, 4) is 5.75 Å². The maximum Gasteiger partial charge on any atom is 0.177 e. The number of aliphatic hydroxyl groups is 1. The second-order valence-electron chi connectivity index (χ2n) is 4.20. The van der Waals surface area contributed by atoms with Gasteiger partial charge in [0.1, 0.15) is 5.76 Å². The van der Waals surface area contributed by atoms with Gasteiger partial charge in [0.05, 0.1) is 13.2 Å². The predicted molar refractivity (Wildman–Crippen MR) is 70.6 cm³/mol. The zero-order valence-corrected chi connectivity index (χ0v) is 11.7. The molecule has 2 aromatic rings. The molecule has 1 atom stereocenters. The molecule has 0 radical (unpaired) electrons. The summed E-state index contributed by atoms with van der Waals surface area (Å²) in [5, 5.41) is 10.5. The third-order valence-electron chi connectivity index (χ3n) is 2.64. The van der Waals surface area contributed by atoms with Crippen molar-refractivity contribution in [2.75, 3.05) is 7.11 Å². The molecule has 1 aromatic heterocycles. The Kier molecular flexibility index (Phi) is 3.45. The molecule has 0 aliphatic heterocycles. The number of ether oxygens (including phenoxy) is 1. The summed E-state index contributed by atoms with van der Waals surface area (Å²) >= 11 is 3.56. The highest BCUT2D eigenvalue weighted by Gasteiger charge is 2.15. The van der Waals surface area contributed by atoms with Gasteiger partial charge in [0, 0.05) is 9.86 Å². The van der Waals surface area contributed by atoms with E-state index in [0.29, 0.717) is 12.2 Å². The molecule has 1 heterocycles. The molecule has 0 saturated carbocycles. The largest absolute Gasteiger partial charge is 0.493 e. The van der Waals surface area contributed by atoms with E-state index in [1.54, 1.807) is 14.0 Å². The molecule has 4 heteroatoms. The zero-order valence-electron chi connectivity index (χ0n) is 10.1. The van der Waals surface area contributed by atoms with E-state index in [-0.39, 0.29) is 6.10 Å². The number of benzene rings is 1. The molecule has 92 valence electrons. The number of fused-ring (bicyclic) bond motifs is 1. The average molecular weight is 299 g/mol. The fourth-order valence-electron chi connectivity index (χ4n) is 1.94. The molecule has 0 amide bonds. The standard InChI is InChI=1S/C13H15BrO3/c1-7(15)4-9-6-11(16-3)13-10(12(9)14)5-8(2)17-13/h5-7,15H,4H2,1-3H3. The van der Waals surface area contributed by atoms with Crippen LogP contribution in [-0.4, -0.2) is 18.3 Å². The summed E-state index contributed by atoms with van der Waals surface area (Å²) in [5.74, 6) is 1.54. The smallest absolute Gasteiger partial charge is 0.177 e. The molecule has 1 N–H and O–H groups in total. The Labute approximate surface area is 109 Å². The van der Waals surface area contributed by atoms with Gasteiger partial charge >= 0.3 is 0 Å². The lowest BCUT2D eigenvalue weighted by atomic mass is 10.1. The van der Waals surface area contributed by atoms with Gasteiger partial charge < -0.3 is 14.3 Å². The minimum absolute atomic E-state index is 0.388. The fourth-order valence-corrected chi connectivity index (χ4v) is 2.51. The summed E-state index contributed by atoms with van der Waals surface area (Å²) in [6.45, 7) is 3.67. The Morgan fingerprint density at radius 1 is 1.47 bits per heavy atom. The maximum absolute atomic E-state index is 9.49. The highest BCUT2D eigenvalue weighted by Crippen LogP contribution is 2.37. The normalized spacial score (nSPS) is 13.0. The third kappa shape index (κ3) is 2.33. The zero-order chi connectivity index (χ0) is 12.6. The van der Waals surface area contributed by atoms with Crippen molar-refractivity contribution in [2.24, 2.45) is 0 Å². The van der Waals surface area contributed by atoms with Crippen LogP contribution < -0.4 is 4.74 Å². The number of aliphatic hydroxyl groups excluding tert-OH is 1. The summed E-state index contributed by atoms with van der Waals surface area (Å²) in [4.78, 5) is 0. The van der Waals surface area contributed by atoms with Crippen LogP contribution in [0.2, 0.25) is 0 Å². The Balaban J connectivity index is 2.66. The first kappa shape index (κ1) is 12.5. The first-order valence-electron chi connectivity index (χ1n) is 5.46. The van der Waals surface area contributed by atoms with Gasteiger partial charge in [0.25, 0.3) is 0 Å². The quantitative estimate of drug-likeness (QED) is 0.944. The Morgan fingerprint density at radius 3 is 2.76 bits per heavy atom. The highest BCUT2D eigenvalue weighted by atomic mass is 79.9. The maximum atomic E-state index is 9.49. The van der Waals surface area contributed by atoms with Gasteiger partial charge in [0.2, 0.25) is 0 Å². The SMILES string of the molecule is COc1cc(CC(C)O)c(Br)c2cc(C)oc12. The van der Waals surface area contributed by atoms with E-state index in [4.69, 9.17) is 9.15 Å². The first-order chi connectivity index (χ1) is 8.02. The molecular weight excluding hydrogens is 284 g/mol. The van der Waals surface area contributed by atoms with Crippen LogP contribution in [0.3, 0.4) is 0 Å². The summed E-state index contributed by atoms with van der Waals surface area (Å²) in [6.07, 6.45) is 0.193. The molecule has 17 heavy (non-hydrogen) atoms. The number of methoxy groups -OCH3 is 1. The van der Waals surface area contributed by atoms with Crippen molar-refractivity contribution in [1.82, 2.24) is 0 Å². The van der Waals surface area contributed by atoms with E-state index in [0.717, 1.165) is 26.8 Å². The number of rotatable bonds is 3. The van der Waals surface area contributed by atoms with E-state index in [2.05, 4.69) is 15.9 Å². The van der Waals surface area contributed by atoms with Gasteiger partial charge in [-0.2, -0.15) is 0 Å². The highest BCUT2D eigenvalue weighted by molar-refractivity contribution is 9.10. The van der Waals surface area contributed by atoms with Crippen molar-refractivity contribution in [2.45, 2.75) is 26.4 Å². The minimum Gasteiger partial charge on any atom is -0.493 e. The van der Waals surface area contributed by atoms with Gasteiger partial charge in [-0.15, -0.1) is 0 Å². The van der Waals surface area contributed by atoms with Gasteiger partial charge in [-0.1, -0.05) is 0 Å². The van der Waals surface area contributed by atoms with Crippen molar-refractivity contribution in [3.05, 3.63) is 27.9 Å². The van der Waals surface area contributed by atoms with Crippen LogP contribution in [-0.2, 0) is 6.42 Å². The Hall–Kier alpha value is -1.00. The molecular formula is C13H15BrO3. The van der Waals surface area contributed by atoms with E-state index >= 15 is 0 Å². The lowest BCUT2D eigenvalue weighted by Crippen LogP contribution is -2.05. The van der Waals surface area contributed by atoms with E-state index in [1.807, 2.05) is 19.1 Å². The molecule has 0 saturated heterocycles. The average Bonchev–Trinajstić information content (AvgIpc) is 2.64. The minimum atomic E-state index is -0.388. The van der Waals surface area contributed by atoms with Crippen LogP contribution in [0.1, 0.15) is 18.2 Å². The van der Waals surface area contributed by atoms with Crippen LogP contribution in [0, 0.1) is 6.92 Å². The molecule has 0 fully saturated rings. The topological polar surface area (TPSA) is 42.6 Å². The Bertz CT molecular complexity index is 543. The summed E-state index contributed by atoms with van der Waals surface area (Å²) in [7, 11) is 1.62. The number of aryl methyl sites for hydroxylation is 1. The van der Waals surface area contributed by atoms with E-state index < -0.39 is 0 Å². The molecule has 1 aromatic carbocycles. The second-order valence-corrected chi connectivity index (χ2v) is 5.00. The first-order valence-corrected chi connectivity index (χ1v) is 6.25. The number of halogens is 1. The summed E-state index contributed by atoms with van der Waals surface area (Å²) < 4.78 is 11.9. The molecule has 0 bridgehead atoms. The van der Waals surface area contributed by atoms with Gasteiger partial charge in [0.15, 0.2) is 11.3 Å². The van der Waals surface area contributed by atoms with Crippen LogP contribution in [0.4, 0.5) is 0 Å². The monoisotopic (exact) mass is 298 g/mol. The van der Waals surface area contributed by atoms with Gasteiger partial charge in [-0.3, -0.25) is 0 Å². The van der Waals surface area contributed by atoms with Crippen molar-refractivity contribution >= 4 is 26.9 Å². The molecule has 0 aliphatic carbocycles. The Morgan fingerprint density at radius 2 is 2.18 bits per heavy atom. The van der Waals surface area contributed by atoms with Crippen LogP contribution in [0.5, 0.6) is 5.75 Å².